The van der Waals surface area contributed by atoms with Crippen molar-refractivity contribution in [3.05, 3.63) is 24.3 Å². The van der Waals surface area contributed by atoms with Gasteiger partial charge in [-0.1, -0.05) is 46.5 Å². The molecule has 0 spiro atoms. The number of rotatable bonds is 7. The topological polar surface area (TPSA) is 131 Å². The van der Waals surface area contributed by atoms with Crippen LogP contribution in [0.4, 0.5) is 0 Å². The van der Waals surface area contributed by atoms with Crippen molar-refractivity contribution in [3.8, 4) is 0 Å². The van der Waals surface area contributed by atoms with Gasteiger partial charge in [-0.25, -0.2) is 9.78 Å². The first kappa shape index (κ1) is 30.9. The van der Waals surface area contributed by atoms with Crippen LogP contribution in [0.5, 0.6) is 0 Å². The van der Waals surface area contributed by atoms with Crippen LogP contribution >= 0.6 is 0 Å². The average molecular weight is 570 g/mol. The number of likely N-dealkylation sites (tertiary alicyclic amines) is 1. The fraction of sp³-hybridized carbons (Fsp3) is 0.742. The molecule has 0 bridgehead atoms. The molecule has 3 fully saturated rings. The van der Waals surface area contributed by atoms with E-state index >= 15 is 0 Å². The minimum atomic E-state index is -0.890. The van der Waals surface area contributed by atoms with Gasteiger partial charge >= 0.3 is 5.97 Å². The summed E-state index contributed by atoms with van der Waals surface area (Å²) in [7, 11) is 0. The van der Waals surface area contributed by atoms with E-state index in [0.717, 1.165) is 51.4 Å². The molecule has 5 unspecified atom stereocenters. The van der Waals surface area contributed by atoms with Crippen LogP contribution in [0, 0.1) is 23.2 Å². The molecule has 2 saturated carbocycles. The quantitative estimate of drug-likeness (QED) is 0.479. The highest BCUT2D eigenvalue weighted by Crippen LogP contribution is 2.43. The molecule has 1 aromatic heterocycles. The summed E-state index contributed by atoms with van der Waals surface area (Å²) >= 11 is 0. The van der Waals surface area contributed by atoms with Crippen LogP contribution in [-0.2, 0) is 19.1 Å². The molecule has 4 rings (SSSR count). The highest BCUT2D eigenvalue weighted by atomic mass is 16.6. The van der Waals surface area contributed by atoms with Crippen molar-refractivity contribution >= 4 is 23.7 Å². The van der Waals surface area contributed by atoms with E-state index in [9.17, 15) is 19.2 Å². The minimum Gasteiger partial charge on any atom is -0.458 e. The largest absolute Gasteiger partial charge is 0.458 e. The lowest BCUT2D eigenvalue weighted by atomic mass is 9.82. The molecule has 10 nitrogen and oxygen atoms in total. The van der Waals surface area contributed by atoms with Crippen LogP contribution in [0.2, 0.25) is 0 Å². The first-order valence-corrected chi connectivity index (χ1v) is 15.2. The maximum atomic E-state index is 14.3. The zero-order chi connectivity index (χ0) is 29.9. The third-order valence-corrected chi connectivity index (χ3v) is 8.71. The van der Waals surface area contributed by atoms with E-state index in [-0.39, 0.29) is 35.3 Å². The fourth-order valence-corrected chi connectivity index (χ4v) is 6.74. The molecule has 0 radical (unpaired) electrons. The van der Waals surface area contributed by atoms with Crippen LogP contribution in [0.1, 0.15) is 103 Å². The summed E-state index contributed by atoms with van der Waals surface area (Å²) in [6, 6.07) is -2.37. The van der Waals surface area contributed by atoms with Crippen molar-refractivity contribution in [1.82, 2.24) is 25.5 Å². The van der Waals surface area contributed by atoms with Crippen LogP contribution in [0.3, 0.4) is 0 Å². The van der Waals surface area contributed by atoms with Crippen molar-refractivity contribution in [2.45, 2.75) is 117 Å². The van der Waals surface area contributed by atoms with E-state index in [1.54, 1.807) is 4.90 Å². The highest BCUT2D eigenvalue weighted by Gasteiger charge is 2.53. The first-order chi connectivity index (χ1) is 19.3. The molecule has 1 aliphatic heterocycles. The van der Waals surface area contributed by atoms with Gasteiger partial charge < -0.3 is 20.3 Å². The lowest BCUT2D eigenvalue weighted by molar-refractivity contribution is -0.165. The lowest BCUT2D eigenvalue weighted by Crippen LogP contribution is -2.61. The van der Waals surface area contributed by atoms with Gasteiger partial charge in [-0.2, -0.15) is 0 Å². The first-order valence-electron chi connectivity index (χ1n) is 15.2. The van der Waals surface area contributed by atoms with Crippen molar-refractivity contribution in [1.29, 1.82) is 0 Å². The molecule has 226 valence electrons. The van der Waals surface area contributed by atoms with Gasteiger partial charge in [-0.15, -0.1) is 0 Å². The third kappa shape index (κ3) is 7.43. The van der Waals surface area contributed by atoms with E-state index in [4.69, 9.17) is 4.74 Å². The monoisotopic (exact) mass is 569 g/mol. The zero-order valence-electron chi connectivity index (χ0n) is 25.4. The SMILES string of the molecule is CC(C)(C)OC(=O)C1C2CCCC2CN1C(=O)C(NC(=O)C(NC(=O)c1cnccn1)C1CCCCC1)C(C)(C)C. The Labute approximate surface area is 243 Å². The van der Waals surface area contributed by atoms with Crippen molar-refractivity contribution in [2.24, 2.45) is 23.2 Å². The molecule has 3 amide bonds. The molecule has 2 N–H and O–H groups in total. The summed E-state index contributed by atoms with van der Waals surface area (Å²) in [6.07, 6.45) is 11.8. The summed E-state index contributed by atoms with van der Waals surface area (Å²) in [4.78, 5) is 64.4. The zero-order valence-corrected chi connectivity index (χ0v) is 25.4. The number of fused-ring (bicyclic) bond motifs is 1. The predicted octanol–water partition coefficient (Wildman–Crippen LogP) is 3.66. The Hall–Kier alpha value is -3.04. The Kier molecular flexibility index (Phi) is 9.39. The smallest absolute Gasteiger partial charge is 0.329 e. The van der Waals surface area contributed by atoms with Crippen molar-refractivity contribution in [3.63, 3.8) is 0 Å². The highest BCUT2D eigenvalue weighted by molar-refractivity contribution is 5.98. The van der Waals surface area contributed by atoms with Crippen LogP contribution in [0.15, 0.2) is 18.6 Å². The minimum absolute atomic E-state index is 0.0549. The Morgan fingerprint density at radius 1 is 0.927 bits per heavy atom. The Balaban J connectivity index is 1.58. The maximum Gasteiger partial charge on any atom is 0.329 e. The van der Waals surface area contributed by atoms with Gasteiger partial charge in [0.25, 0.3) is 5.91 Å². The van der Waals surface area contributed by atoms with Gasteiger partial charge in [0.1, 0.15) is 29.4 Å². The Morgan fingerprint density at radius 2 is 1.63 bits per heavy atom. The second-order valence-electron chi connectivity index (χ2n) is 14.1. The second-order valence-corrected chi connectivity index (χ2v) is 14.1. The van der Waals surface area contributed by atoms with Gasteiger partial charge in [-0.3, -0.25) is 19.4 Å². The molecular formula is C31H47N5O5. The summed E-state index contributed by atoms with van der Waals surface area (Å²) in [5.41, 5.74) is -1.18. The molecule has 0 aromatic carbocycles. The van der Waals surface area contributed by atoms with E-state index in [1.807, 2.05) is 41.5 Å². The molecule has 10 heteroatoms. The van der Waals surface area contributed by atoms with Crippen LogP contribution in [0.25, 0.3) is 0 Å². The number of esters is 1. The van der Waals surface area contributed by atoms with Gasteiger partial charge in [0.05, 0.1) is 6.20 Å². The number of hydrogen-bond acceptors (Lipinski definition) is 7. The molecular weight excluding hydrogens is 522 g/mol. The van der Waals surface area contributed by atoms with Gasteiger partial charge in [0.2, 0.25) is 11.8 Å². The summed E-state index contributed by atoms with van der Waals surface area (Å²) in [5, 5.41) is 5.93. The predicted molar refractivity (Wildman–Crippen MR) is 153 cm³/mol. The number of amides is 3. The Bertz CT molecular complexity index is 1110. The van der Waals surface area contributed by atoms with Crippen molar-refractivity contribution in [2.75, 3.05) is 6.54 Å². The standard InChI is InChI=1S/C31H47N5O5/c1-30(2,3)25(28(39)36-18-20-13-10-14-21(20)24(36)29(40)41-31(4,5)6)35-27(38)23(19-11-8-7-9-12-19)34-26(37)22-17-32-15-16-33-22/h15-17,19-21,23-25H,7-14,18H2,1-6H3,(H,34,37)(H,35,38). The fourth-order valence-electron chi connectivity index (χ4n) is 6.74. The maximum absolute atomic E-state index is 14.3. The van der Waals surface area contributed by atoms with Crippen LogP contribution in [-0.4, -0.2) is 68.8 Å². The average Bonchev–Trinajstić information content (AvgIpc) is 3.50. The van der Waals surface area contributed by atoms with Crippen LogP contribution < -0.4 is 10.6 Å². The number of carbonyl (C=O) groups is 4. The van der Waals surface area contributed by atoms with E-state index in [0.29, 0.717) is 6.54 Å². The lowest BCUT2D eigenvalue weighted by Gasteiger charge is -2.38. The summed E-state index contributed by atoms with van der Waals surface area (Å²) in [6.45, 7) is 11.7. The number of aromatic nitrogens is 2. The van der Waals surface area contributed by atoms with Gasteiger partial charge in [-0.05, 0) is 69.6 Å². The molecule has 41 heavy (non-hydrogen) atoms. The van der Waals surface area contributed by atoms with Gasteiger partial charge in [0.15, 0.2) is 0 Å². The normalized spacial score (nSPS) is 24.7. The number of nitrogens with zero attached hydrogens (tertiary/aromatic N) is 3. The molecule has 1 saturated heterocycles. The van der Waals surface area contributed by atoms with E-state index in [1.165, 1.54) is 18.6 Å². The number of carbonyl (C=O) groups excluding carboxylic acids is 4. The number of ether oxygens (including phenoxy) is 1. The third-order valence-electron chi connectivity index (χ3n) is 8.71. The summed E-state index contributed by atoms with van der Waals surface area (Å²) in [5.74, 6) is -1.27. The second kappa shape index (κ2) is 12.4. The molecule has 2 aliphatic carbocycles. The van der Waals surface area contributed by atoms with E-state index < -0.39 is 41.0 Å². The van der Waals surface area contributed by atoms with Gasteiger partial charge in [0, 0.05) is 18.9 Å². The summed E-state index contributed by atoms with van der Waals surface area (Å²) < 4.78 is 5.78. The number of nitrogens with one attached hydrogen (secondary N) is 2. The molecule has 1 aromatic rings. The Morgan fingerprint density at radius 3 is 2.24 bits per heavy atom. The van der Waals surface area contributed by atoms with Crippen molar-refractivity contribution < 1.29 is 23.9 Å². The van der Waals surface area contributed by atoms with E-state index in [2.05, 4.69) is 20.6 Å². The molecule has 3 aliphatic rings. The molecule has 5 atom stereocenters. The number of hydrogen-bond donors (Lipinski definition) is 2. The molecule has 2 heterocycles.